The third-order valence-electron chi connectivity index (χ3n) is 5.56. The number of hydrogen-bond acceptors (Lipinski definition) is 4. The number of amides is 1. The molecule has 1 unspecified atom stereocenters. The summed E-state index contributed by atoms with van der Waals surface area (Å²) in [6.07, 6.45) is 4.10. The molecule has 1 saturated heterocycles. The first kappa shape index (κ1) is 21.2. The quantitative estimate of drug-likeness (QED) is 0.810. The van der Waals surface area contributed by atoms with E-state index in [1.54, 1.807) is 4.90 Å². The van der Waals surface area contributed by atoms with Crippen LogP contribution in [0.25, 0.3) is 0 Å². The zero-order valence-electron chi connectivity index (χ0n) is 17.9. The van der Waals surface area contributed by atoms with Crippen LogP contribution in [0.1, 0.15) is 71.7 Å². The Kier molecular flexibility index (Phi) is 5.62. The van der Waals surface area contributed by atoms with Crippen LogP contribution in [-0.2, 0) is 22.1 Å². The van der Waals surface area contributed by atoms with Crippen molar-refractivity contribution in [3.05, 3.63) is 29.6 Å². The maximum atomic E-state index is 12.9. The number of rotatable bonds is 2. The summed E-state index contributed by atoms with van der Waals surface area (Å²) in [4.78, 5) is 18.8. The van der Waals surface area contributed by atoms with Gasteiger partial charge in [0.05, 0.1) is 21.8 Å². The smallest absolute Gasteiger partial charge is 0.410 e. The molecule has 1 fully saturated rings. The lowest BCUT2D eigenvalue weighted by atomic mass is 9.73. The first-order valence-corrected chi connectivity index (χ1v) is 11.2. The Balaban J connectivity index is 1.79. The molecule has 0 bridgehead atoms. The lowest BCUT2D eigenvalue weighted by Gasteiger charge is -2.43. The zero-order chi connectivity index (χ0) is 20.7. The molecule has 1 amide bonds. The maximum Gasteiger partial charge on any atom is 0.410 e. The van der Waals surface area contributed by atoms with Crippen molar-refractivity contribution in [3.63, 3.8) is 0 Å². The number of pyridine rings is 1. The fourth-order valence-electron chi connectivity index (χ4n) is 4.03. The molecule has 1 spiro atoms. The van der Waals surface area contributed by atoms with Crippen molar-refractivity contribution in [2.24, 2.45) is 5.41 Å². The Morgan fingerprint density at radius 1 is 1.25 bits per heavy atom. The van der Waals surface area contributed by atoms with Gasteiger partial charge >= 0.3 is 6.09 Å². The maximum absolute atomic E-state index is 12.9. The molecule has 1 aromatic rings. The van der Waals surface area contributed by atoms with E-state index in [1.807, 2.05) is 53.8 Å². The van der Waals surface area contributed by atoms with Crippen LogP contribution >= 0.6 is 0 Å². The second-order valence-corrected chi connectivity index (χ2v) is 12.0. The van der Waals surface area contributed by atoms with Crippen LogP contribution in [0, 0.1) is 5.41 Å². The summed E-state index contributed by atoms with van der Waals surface area (Å²) in [6.45, 7) is 12.9. The number of carbonyl (C=O) groups is 1. The van der Waals surface area contributed by atoms with E-state index in [4.69, 9.17) is 4.74 Å². The van der Waals surface area contributed by atoms with Gasteiger partial charge in [-0.25, -0.2) is 13.7 Å². The SMILES string of the molecule is CC(C)(C)OC(=O)N1CCC2(CC1)Cc1ncccc1[C@H]2NS(=O)C(C)(C)C. The molecular formula is C21H33N3O3S. The number of aromatic nitrogens is 1. The molecule has 28 heavy (non-hydrogen) atoms. The summed E-state index contributed by atoms with van der Waals surface area (Å²) in [7, 11) is -1.18. The number of hydrogen-bond donors (Lipinski definition) is 1. The Bertz CT molecular complexity index is 759. The molecule has 7 heteroatoms. The van der Waals surface area contributed by atoms with E-state index in [9.17, 15) is 9.00 Å². The highest BCUT2D eigenvalue weighted by molar-refractivity contribution is 7.84. The van der Waals surface area contributed by atoms with Gasteiger partial charge in [-0.05, 0) is 77.8 Å². The molecule has 6 nitrogen and oxygen atoms in total. The lowest BCUT2D eigenvalue weighted by Crippen LogP contribution is -2.49. The second kappa shape index (κ2) is 7.41. The van der Waals surface area contributed by atoms with Gasteiger partial charge in [-0.2, -0.15) is 0 Å². The molecule has 0 saturated carbocycles. The van der Waals surface area contributed by atoms with Crippen LogP contribution < -0.4 is 4.72 Å². The minimum atomic E-state index is -1.18. The van der Waals surface area contributed by atoms with Crippen molar-refractivity contribution >= 4 is 17.1 Å². The van der Waals surface area contributed by atoms with E-state index in [0.717, 1.165) is 30.5 Å². The Labute approximate surface area is 171 Å². The number of carbonyl (C=O) groups excluding carboxylic acids is 1. The van der Waals surface area contributed by atoms with Crippen LogP contribution in [-0.4, -0.2) is 43.6 Å². The summed E-state index contributed by atoms with van der Waals surface area (Å²) in [5, 5.41) is 0. The summed E-state index contributed by atoms with van der Waals surface area (Å²) in [5.74, 6) is 0. The monoisotopic (exact) mass is 407 g/mol. The molecule has 0 radical (unpaired) electrons. The third-order valence-corrected chi connectivity index (χ3v) is 7.12. The van der Waals surface area contributed by atoms with E-state index in [0.29, 0.717) is 13.1 Å². The predicted molar refractivity (Wildman–Crippen MR) is 111 cm³/mol. The van der Waals surface area contributed by atoms with Crippen LogP contribution in [0.4, 0.5) is 4.79 Å². The highest BCUT2D eigenvalue weighted by Crippen LogP contribution is 2.51. The summed E-state index contributed by atoms with van der Waals surface area (Å²) in [6, 6.07) is 4.02. The highest BCUT2D eigenvalue weighted by Gasteiger charge is 2.50. The molecule has 2 heterocycles. The second-order valence-electron chi connectivity index (χ2n) is 9.98. The lowest BCUT2D eigenvalue weighted by molar-refractivity contribution is 0.00719. The van der Waals surface area contributed by atoms with Gasteiger partial charge in [0.25, 0.3) is 0 Å². The van der Waals surface area contributed by atoms with Gasteiger partial charge in [-0.15, -0.1) is 0 Å². The largest absolute Gasteiger partial charge is 0.444 e. The topological polar surface area (TPSA) is 71.5 Å². The van der Waals surface area contributed by atoms with E-state index in [1.165, 1.54) is 0 Å². The van der Waals surface area contributed by atoms with E-state index < -0.39 is 16.6 Å². The van der Waals surface area contributed by atoms with Gasteiger partial charge < -0.3 is 9.64 Å². The molecule has 3 rings (SSSR count). The summed E-state index contributed by atoms with van der Waals surface area (Å²) in [5.41, 5.74) is 1.66. The van der Waals surface area contributed by atoms with E-state index in [-0.39, 0.29) is 22.3 Å². The van der Waals surface area contributed by atoms with Crippen LogP contribution in [0.2, 0.25) is 0 Å². The van der Waals surface area contributed by atoms with Crippen molar-refractivity contribution in [3.8, 4) is 0 Å². The normalized spacial score (nSPS) is 22.8. The van der Waals surface area contributed by atoms with Gasteiger partial charge in [-0.1, -0.05) is 6.07 Å². The number of likely N-dealkylation sites (tertiary alicyclic amines) is 1. The van der Waals surface area contributed by atoms with Gasteiger partial charge in [0, 0.05) is 25.0 Å². The number of ether oxygens (including phenoxy) is 1. The van der Waals surface area contributed by atoms with Gasteiger partial charge in [0.2, 0.25) is 0 Å². The number of piperidine rings is 1. The third kappa shape index (κ3) is 4.40. The first-order valence-electron chi connectivity index (χ1n) is 10.0. The van der Waals surface area contributed by atoms with Crippen molar-refractivity contribution < 1.29 is 13.7 Å². The Hall–Kier alpha value is -1.47. The minimum Gasteiger partial charge on any atom is -0.444 e. The average molecular weight is 408 g/mol. The average Bonchev–Trinajstić information content (AvgIpc) is 2.86. The molecule has 2 aliphatic rings. The first-order chi connectivity index (χ1) is 12.9. The van der Waals surface area contributed by atoms with E-state index >= 15 is 0 Å². The van der Waals surface area contributed by atoms with Gasteiger partial charge in [0.15, 0.2) is 0 Å². The standard InChI is InChI=1S/C21H33N3O3S/c1-19(2,3)27-18(25)24-12-9-21(10-13-24)14-16-15(8-7-11-22-16)17(21)23-28(26)20(4,5)6/h7-8,11,17,23H,9-10,12-14H2,1-6H3/t17-,28?/m1/s1. The molecule has 1 N–H and O–H groups in total. The molecule has 0 aromatic carbocycles. The van der Waals surface area contributed by atoms with Crippen molar-refractivity contribution in [2.45, 2.75) is 77.2 Å². The van der Waals surface area contributed by atoms with Crippen LogP contribution in [0.5, 0.6) is 0 Å². The Morgan fingerprint density at radius 3 is 2.46 bits per heavy atom. The molecule has 1 aliphatic carbocycles. The number of fused-ring (bicyclic) bond motifs is 1. The van der Waals surface area contributed by atoms with Gasteiger partial charge in [-0.3, -0.25) is 4.98 Å². The van der Waals surface area contributed by atoms with Crippen LogP contribution in [0.15, 0.2) is 18.3 Å². The minimum absolute atomic E-state index is 0.0166. The fourth-order valence-corrected chi connectivity index (χ4v) is 4.97. The van der Waals surface area contributed by atoms with Crippen molar-refractivity contribution in [1.82, 2.24) is 14.6 Å². The van der Waals surface area contributed by atoms with Crippen molar-refractivity contribution in [1.29, 1.82) is 0 Å². The molecule has 1 aliphatic heterocycles. The summed E-state index contributed by atoms with van der Waals surface area (Å²) < 4.78 is 21.5. The highest BCUT2D eigenvalue weighted by atomic mass is 32.2. The predicted octanol–water partition coefficient (Wildman–Crippen LogP) is 3.75. The number of nitrogens with one attached hydrogen (secondary N) is 1. The Morgan fingerprint density at radius 2 is 1.89 bits per heavy atom. The molecular weight excluding hydrogens is 374 g/mol. The molecule has 156 valence electrons. The molecule has 2 atom stereocenters. The van der Waals surface area contributed by atoms with Crippen molar-refractivity contribution in [2.75, 3.05) is 13.1 Å². The fraction of sp³-hybridized carbons (Fsp3) is 0.714. The van der Waals surface area contributed by atoms with Crippen LogP contribution in [0.3, 0.4) is 0 Å². The summed E-state index contributed by atoms with van der Waals surface area (Å²) >= 11 is 0. The zero-order valence-corrected chi connectivity index (χ0v) is 18.7. The van der Waals surface area contributed by atoms with E-state index in [2.05, 4.69) is 15.8 Å². The molecule has 1 aromatic heterocycles. The van der Waals surface area contributed by atoms with Gasteiger partial charge in [0.1, 0.15) is 5.60 Å². The number of nitrogens with zero attached hydrogens (tertiary/aromatic N) is 2.